The molecular weight excluding hydrogens is 354 g/mol. The van der Waals surface area contributed by atoms with Gasteiger partial charge in [0.1, 0.15) is 4.68 Å². The molecule has 0 spiro atoms. The maximum atomic E-state index is 10.3. The monoisotopic (exact) mass is 356 g/mol. The molecule has 0 aliphatic carbocycles. The lowest BCUT2D eigenvalue weighted by Crippen LogP contribution is -1.87. The second-order valence-corrected chi connectivity index (χ2v) is 2.33. The third-order valence-electron chi connectivity index (χ3n) is 0. The van der Waals surface area contributed by atoms with Gasteiger partial charge in [-0.05, 0) is 22.6 Å². The van der Waals surface area contributed by atoms with Gasteiger partial charge in [-0.2, -0.15) is 13.2 Å². The van der Waals surface area contributed by atoms with Gasteiger partial charge in [0.2, 0.25) is 0 Å². The van der Waals surface area contributed by atoms with Crippen LogP contribution in [0.25, 0.3) is 0 Å². The van der Waals surface area contributed by atoms with Crippen molar-refractivity contribution in [1.82, 2.24) is 0 Å². The molecule has 0 aliphatic rings. The Morgan fingerprint density at radius 1 is 1.25 bits per heavy atom. The summed E-state index contributed by atoms with van der Waals surface area (Å²) in [6, 6.07) is 0. The van der Waals surface area contributed by atoms with Crippen molar-refractivity contribution in [2.24, 2.45) is 0 Å². The SMILES string of the molecule is FC(F)(F)I.FCI. The second-order valence-electron chi connectivity index (χ2n) is 0.530. The lowest BCUT2D eigenvalue weighted by molar-refractivity contribution is -0.0125. The minimum Gasteiger partial charge on any atom is -0.240 e. The van der Waals surface area contributed by atoms with E-state index in [2.05, 4.69) is 0 Å². The number of halogens is 6. The highest BCUT2D eigenvalue weighted by Crippen LogP contribution is 2.22. The zero-order chi connectivity index (χ0) is 7.21. The summed E-state index contributed by atoms with van der Waals surface area (Å²) in [5.41, 5.74) is 0. The van der Waals surface area contributed by atoms with Gasteiger partial charge in [0, 0.05) is 22.6 Å². The van der Waals surface area contributed by atoms with Gasteiger partial charge in [-0.3, -0.25) is 0 Å². The van der Waals surface area contributed by atoms with Crippen molar-refractivity contribution in [2.75, 3.05) is 4.68 Å². The Morgan fingerprint density at radius 2 is 1.25 bits per heavy atom. The van der Waals surface area contributed by atoms with Gasteiger partial charge >= 0.3 is 4.18 Å². The molecular formula is C2H2F4I2. The molecule has 0 bridgehead atoms. The summed E-state index contributed by atoms with van der Waals surface area (Å²) in [5, 5.41) is 0. The molecule has 0 saturated carbocycles. The van der Waals surface area contributed by atoms with Gasteiger partial charge < -0.3 is 0 Å². The van der Waals surface area contributed by atoms with Crippen LogP contribution < -0.4 is 0 Å². The molecule has 0 radical (unpaired) electrons. The van der Waals surface area contributed by atoms with Gasteiger partial charge in [0.15, 0.2) is 0 Å². The van der Waals surface area contributed by atoms with Crippen LogP contribution in [0, 0.1) is 0 Å². The molecule has 52 valence electrons. The Labute approximate surface area is 71.3 Å². The van der Waals surface area contributed by atoms with Crippen LogP contribution in [0.3, 0.4) is 0 Å². The number of rotatable bonds is 0. The standard InChI is InChI=1S/CF3I.CH2FI/c2-1(3,4)5;2-1-3/h;1H2. The minimum atomic E-state index is -4.03. The topological polar surface area (TPSA) is 0 Å². The Balaban J connectivity index is 0. The van der Waals surface area contributed by atoms with E-state index in [0.717, 1.165) is 0 Å². The molecule has 0 N–H and O–H groups in total. The molecule has 8 heavy (non-hydrogen) atoms. The summed E-state index contributed by atoms with van der Waals surface area (Å²) in [6.07, 6.45) is 0. The van der Waals surface area contributed by atoms with Crippen LogP contribution in [0.15, 0.2) is 0 Å². The van der Waals surface area contributed by atoms with Crippen LogP contribution in [0.5, 0.6) is 0 Å². The van der Waals surface area contributed by atoms with Crippen molar-refractivity contribution in [2.45, 2.75) is 4.18 Å². The van der Waals surface area contributed by atoms with E-state index < -0.39 is 4.18 Å². The highest BCUT2D eigenvalue weighted by atomic mass is 127. The molecule has 0 nitrogen and oxygen atoms in total. The molecule has 0 aromatic rings. The first kappa shape index (κ1) is 11.9. The average molecular weight is 356 g/mol. The van der Waals surface area contributed by atoms with E-state index in [9.17, 15) is 17.6 Å². The molecule has 0 heterocycles. The molecule has 0 saturated heterocycles. The van der Waals surface area contributed by atoms with E-state index in [-0.39, 0.29) is 4.68 Å². The molecule has 0 amide bonds. The van der Waals surface area contributed by atoms with Crippen molar-refractivity contribution in [1.29, 1.82) is 0 Å². The lowest BCUT2D eigenvalue weighted by atomic mass is 11.6. The molecule has 0 unspecified atom stereocenters. The van der Waals surface area contributed by atoms with E-state index in [1.54, 1.807) is 22.6 Å². The van der Waals surface area contributed by atoms with E-state index in [4.69, 9.17) is 0 Å². The number of alkyl halides is 6. The van der Waals surface area contributed by atoms with Gasteiger partial charge in [-0.15, -0.1) is 0 Å². The van der Waals surface area contributed by atoms with Crippen LogP contribution in [-0.4, -0.2) is 8.86 Å². The maximum absolute atomic E-state index is 10.3. The zero-order valence-electron chi connectivity index (χ0n) is 3.47. The van der Waals surface area contributed by atoms with Crippen LogP contribution in [0.2, 0.25) is 0 Å². The van der Waals surface area contributed by atoms with E-state index >= 15 is 0 Å². The third kappa shape index (κ3) is 197. The number of hydrogen-bond acceptors (Lipinski definition) is 0. The minimum absolute atomic E-state index is 0.280. The molecule has 6 heteroatoms. The van der Waals surface area contributed by atoms with Gasteiger partial charge in [-0.25, -0.2) is 4.39 Å². The van der Waals surface area contributed by atoms with Gasteiger partial charge in [-0.1, -0.05) is 0 Å². The predicted octanol–water partition coefficient (Wildman–Crippen LogP) is 3.29. The normalized spacial score (nSPS) is 9.75. The summed E-state index contributed by atoms with van der Waals surface area (Å²) < 4.78 is 37.0. The molecule has 0 aromatic carbocycles. The smallest absolute Gasteiger partial charge is 0.240 e. The third-order valence-corrected chi connectivity index (χ3v) is 0. The Bertz CT molecular complexity index is 35.8. The average Bonchev–Trinajstić information content (AvgIpc) is 1.27. The Hall–Kier alpha value is 1.18. The van der Waals surface area contributed by atoms with Crippen LogP contribution >= 0.6 is 45.2 Å². The Kier molecular flexibility index (Phi) is 9.39. The highest BCUT2D eigenvalue weighted by molar-refractivity contribution is 14.1. The van der Waals surface area contributed by atoms with Crippen molar-refractivity contribution in [3.8, 4) is 0 Å². The quantitative estimate of drug-likeness (QED) is 0.355. The summed E-state index contributed by atoms with van der Waals surface area (Å²) in [5.74, 6) is 0. The largest absolute Gasteiger partial charge is 0.441 e. The van der Waals surface area contributed by atoms with Gasteiger partial charge in [0.05, 0.1) is 0 Å². The van der Waals surface area contributed by atoms with Crippen molar-refractivity contribution in [3.05, 3.63) is 0 Å². The fourth-order valence-corrected chi connectivity index (χ4v) is 0. The van der Waals surface area contributed by atoms with E-state index in [1.165, 1.54) is 0 Å². The predicted molar refractivity (Wildman–Crippen MR) is 40.1 cm³/mol. The lowest BCUT2D eigenvalue weighted by Gasteiger charge is -1.85. The fourth-order valence-electron chi connectivity index (χ4n) is 0. The van der Waals surface area contributed by atoms with Gasteiger partial charge in [0.25, 0.3) is 0 Å². The van der Waals surface area contributed by atoms with E-state index in [1.807, 2.05) is 0 Å². The first-order valence-electron chi connectivity index (χ1n) is 1.29. The first-order chi connectivity index (χ1) is 3.41. The van der Waals surface area contributed by atoms with Crippen LogP contribution in [-0.2, 0) is 0 Å². The molecule has 0 aromatic heterocycles. The molecule has 0 aliphatic heterocycles. The molecule has 0 rings (SSSR count). The Morgan fingerprint density at radius 3 is 1.25 bits per heavy atom. The van der Waals surface area contributed by atoms with Crippen molar-refractivity contribution in [3.63, 3.8) is 0 Å². The van der Waals surface area contributed by atoms with Crippen LogP contribution in [0.1, 0.15) is 0 Å². The fraction of sp³-hybridized carbons (Fsp3) is 1.00. The molecule has 0 fully saturated rings. The first-order valence-corrected chi connectivity index (χ1v) is 3.89. The van der Waals surface area contributed by atoms with E-state index in [0.29, 0.717) is 22.6 Å². The maximum Gasteiger partial charge on any atom is 0.441 e. The van der Waals surface area contributed by atoms with Crippen molar-refractivity contribution < 1.29 is 17.6 Å². The van der Waals surface area contributed by atoms with Crippen LogP contribution in [0.4, 0.5) is 17.6 Å². The summed E-state index contributed by atoms with van der Waals surface area (Å²) in [7, 11) is 0. The zero-order valence-corrected chi connectivity index (χ0v) is 7.79. The second kappa shape index (κ2) is 6.30. The summed E-state index contributed by atoms with van der Waals surface area (Å²) >= 11 is 2.00. The highest BCUT2D eigenvalue weighted by Gasteiger charge is 2.19. The van der Waals surface area contributed by atoms with Crippen molar-refractivity contribution >= 4 is 45.2 Å². The summed E-state index contributed by atoms with van der Waals surface area (Å²) in [4.78, 5) is 0. The summed E-state index contributed by atoms with van der Waals surface area (Å²) in [6.45, 7) is 0. The molecule has 0 atom stereocenters. The number of hydrogen-bond donors (Lipinski definition) is 0.